The van der Waals surface area contributed by atoms with Gasteiger partial charge in [0.15, 0.2) is 11.2 Å². The highest BCUT2D eigenvalue weighted by Gasteiger charge is 2.15. The molecule has 2 atom stereocenters. The predicted molar refractivity (Wildman–Crippen MR) is 74.4 cm³/mol. The number of nitrogens with two attached hydrogens (primary N) is 1. The van der Waals surface area contributed by atoms with Gasteiger partial charge in [-0.25, -0.2) is 9.97 Å². The van der Waals surface area contributed by atoms with Crippen molar-refractivity contribution in [1.29, 1.82) is 0 Å². The molecule has 2 unspecified atom stereocenters. The molecule has 2 aromatic rings. The van der Waals surface area contributed by atoms with Crippen LogP contribution in [-0.2, 0) is 17.3 Å². The Morgan fingerprint density at radius 2 is 2.26 bits per heavy atom. The van der Waals surface area contributed by atoms with Gasteiger partial charge in [-0.2, -0.15) is 4.98 Å². The molecule has 2 N–H and O–H groups in total. The van der Waals surface area contributed by atoms with Crippen molar-refractivity contribution in [2.75, 3.05) is 19.1 Å². The number of methoxy groups -OCH3 is 1. The van der Waals surface area contributed by atoms with Crippen molar-refractivity contribution in [2.45, 2.75) is 25.1 Å². The van der Waals surface area contributed by atoms with Crippen molar-refractivity contribution >= 4 is 27.9 Å². The number of nitrogens with zero attached hydrogens (tertiary/aromatic N) is 4. The summed E-state index contributed by atoms with van der Waals surface area (Å²) in [5.41, 5.74) is 7.08. The van der Waals surface area contributed by atoms with E-state index in [0.717, 1.165) is 6.42 Å². The van der Waals surface area contributed by atoms with Crippen LogP contribution in [0, 0.1) is 0 Å². The Labute approximate surface area is 113 Å². The zero-order chi connectivity index (χ0) is 14.0. The molecule has 0 aliphatic carbocycles. The molecule has 104 valence electrons. The maximum Gasteiger partial charge on any atom is 0.245 e. The summed E-state index contributed by atoms with van der Waals surface area (Å²) in [5.74, 6) is 0.769. The van der Waals surface area contributed by atoms with Crippen LogP contribution in [0.3, 0.4) is 0 Å². The third-order valence-corrected chi connectivity index (χ3v) is 4.42. The first-order chi connectivity index (χ1) is 9.04. The van der Waals surface area contributed by atoms with E-state index in [-0.39, 0.29) is 5.25 Å². The summed E-state index contributed by atoms with van der Waals surface area (Å²) in [6.45, 7) is 2.56. The Kier molecular flexibility index (Phi) is 3.98. The lowest BCUT2D eigenvalue weighted by Crippen LogP contribution is -2.14. The van der Waals surface area contributed by atoms with E-state index in [1.807, 2.05) is 6.92 Å². The third-order valence-electron chi connectivity index (χ3n) is 3.05. The molecule has 0 spiro atoms. The SMILES string of the molecule is COc1ncnc2c1nc(N)n2CCC(C)S(C)=O. The quantitative estimate of drug-likeness (QED) is 0.862. The average molecular weight is 283 g/mol. The minimum atomic E-state index is -0.850. The van der Waals surface area contributed by atoms with Crippen molar-refractivity contribution in [3.8, 4) is 5.88 Å². The molecule has 0 fully saturated rings. The highest BCUT2D eigenvalue weighted by Crippen LogP contribution is 2.23. The summed E-state index contributed by atoms with van der Waals surface area (Å²) in [6, 6.07) is 0. The van der Waals surface area contributed by atoms with E-state index >= 15 is 0 Å². The van der Waals surface area contributed by atoms with Crippen LogP contribution >= 0.6 is 0 Å². The number of fused-ring (bicyclic) bond motifs is 1. The van der Waals surface area contributed by atoms with Gasteiger partial charge in [0.25, 0.3) is 0 Å². The Bertz CT molecular complexity index is 612. The molecule has 0 aliphatic rings. The van der Waals surface area contributed by atoms with Gasteiger partial charge in [-0.1, -0.05) is 6.92 Å². The predicted octanol–water partition coefficient (Wildman–Crippen LogP) is 0.574. The summed E-state index contributed by atoms with van der Waals surface area (Å²) in [6.07, 6.45) is 3.86. The molecule has 2 heterocycles. The number of aryl methyl sites for hydroxylation is 1. The molecule has 0 saturated carbocycles. The topological polar surface area (TPSA) is 95.9 Å². The van der Waals surface area contributed by atoms with Gasteiger partial charge < -0.3 is 10.5 Å². The summed E-state index contributed by atoms with van der Waals surface area (Å²) in [4.78, 5) is 12.4. The molecule has 7 nitrogen and oxygen atoms in total. The van der Waals surface area contributed by atoms with Crippen LogP contribution in [0.1, 0.15) is 13.3 Å². The van der Waals surface area contributed by atoms with E-state index in [4.69, 9.17) is 10.5 Å². The van der Waals surface area contributed by atoms with E-state index in [2.05, 4.69) is 15.0 Å². The van der Waals surface area contributed by atoms with Crippen LogP contribution in [0.25, 0.3) is 11.2 Å². The summed E-state index contributed by atoms with van der Waals surface area (Å²) >= 11 is 0. The Balaban J connectivity index is 2.33. The van der Waals surface area contributed by atoms with Crippen LogP contribution in [0.15, 0.2) is 6.33 Å². The Hall–Kier alpha value is -1.70. The molecular weight excluding hydrogens is 266 g/mol. The number of hydrogen-bond donors (Lipinski definition) is 1. The standard InChI is InChI=1S/C11H17N5O2S/c1-7(19(3)17)4-5-16-9-8(15-11(16)12)10(18-2)14-6-13-9/h6-7H,4-5H2,1-3H3,(H2,12,15). The first-order valence-electron chi connectivity index (χ1n) is 5.87. The highest BCUT2D eigenvalue weighted by molar-refractivity contribution is 7.84. The van der Waals surface area contributed by atoms with Gasteiger partial charge in [0, 0.05) is 28.9 Å². The van der Waals surface area contributed by atoms with Gasteiger partial charge in [0.1, 0.15) is 6.33 Å². The normalized spacial score (nSPS) is 14.5. The van der Waals surface area contributed by atoms with E-state index in [0.29, 0.717) is 29.5 Å². The van der Waals surface area contributed by atoms with E-state index in [1.165, 1.54) is 13.4 Å². The zero-order valence-corrected chi connectivity index (χ0v) is 12.0. The van der Waals surface area contributed by atoms with Crippen LogP contribution in [0.4, 0.5) is 5.95 Å². The van der Waals surface area contributed by atoms with Crippen LogP contribution in [0.2, 0.25) is 0 Å². The number of ether oxygens (including phenoxy) is 1. The zero-order valence-electron chi connectivity index (χ0n) is 11.2. The van der Waals surface area contributed by atoms with Gasteiger partial charge in [0.05, 0.1) is 7.11 Å². The molecule has 8 heteroatoms. The summed E-state index contributed by atoms with van der Waals surface area (Å²) in [7, 11) is 0.677. The van der Waals surface area contributed by atoms with Gasteiger partial charge in [-0.05, 0) is 6.42 Å². The monoisotopic (exact) mass is 283 g/mol. The summed E-state index contributed by atoms with van der Waals surface area (Å²) in [5, 5.41) is 0.0978. The first-order valence-corrected chi connectivity index (χ1v) is 7.49. The van der Waals surface area contributed by atoms with Gasteiger partial charge in [0.2, 0.25) is 11.8 Å². The minimum Gasteiger partial charge on any atom is -0.479 e. The van der Waals surface area contributed by atoms with Crippen LogP contribution < -0.4 is 10.5 Å². The number of nitrogen functional groups attached to an aromatic ring is 1. The maximum atomic E-state index is 11.4. The van der Waals surface area contributed by atoms with Crippen LogP contribution in [0.5, 0.6) is 5.88 Å². The van der Waals surface area contributed by atoms with E-state index in [9.17, 15) is 4.21 Å². The molecule has 0 aliphatic heterocycles. The van der Waals surface area contributed by atoms with Gasteiger partial charge >= 0.3 is 0 Å². The third kappa shape index (κ3) is 2.67. The molecule has 0 aromatic carbocycles. The van der Waals surface area contributed by atoms with Crippen molar-refractivity contribution in [3.05, 3.63) is 6.33 Å². The van der Waals surface area contributed by atoms with Gasteiger partial charge in [-0.15, -0.1) is 0 Å². The van der Waals surface area contributed by atoms with E-state index in [1.54, 1.807) is 10.8 Å². The molecule has 19 heavy (non-hydrogen) atoms. The number of aromatic nitrogens is 4. The number of hydrogen-bond acceptors (Lipinski definition) is 6. The molecule has 2 aromatic heterocycles. The Morgan fingerprint density at radius 3 is 2.89 bits per heavy atom. The fraction of sp³-hybridized carbons (Fsp3) is 0.545. The molecule has 0 bridgehead atoms. The second-order valence-electron chi connectivity index (χ2n) is 4.27. The lowest BCUT2D eigenvalue weighted by Gasteiger charge is -2.10. The molecular formula is C11H17N5O2S. The molecule has 0 saturated heterocycles. The highest BCUT2D eigenvalue weighted by atomic mass is 32.2. The molecule has 2 rings (SSSR count). The number of rotatable bonds is 5. The largest absolute Gasteiger partial charge is 0.479 e. The van der Waals surface area contributed by atoms with Crippen LogP contribution in [-0.4, -0.2) is 42.3 Å². The van der Waals surface area contributed by atoms with Crippen molar-refractivity contribution in [3.63, 3.8) is 0 Å². The number of imidazole rings is 1. The molecule has 0 radical (unpaired) electrons. The molecule has 0 amide bonds. The fourth-order valence-electron chi connectivity index (χ4n) is 1.78. The fourth-order valence-corrected chi connectivity index (χ4v) is 2.22. The maximum absolute atomic E-state index is 11.4. The first kappa shape index (κ1) is 13.7. The smallest absolute Gasteiger partial charge is 0.245 e. The second kappa shape index (κ2) is 5.52. The van der Waals surface area contributed by atoms with Crippen molar-refractivity contribution in [1.82, 2.24) is 19.5 Å². The van der Waals surface area contributed by atoms with Crippen molar-refractivity contribution in [2.24, 2.45) is 0 Å². The van der Waals surface area contributed by atoms with E-state index < -0.39 is 10.8 Å². The number of anilines is 1. The minimum absolute atomic E-state index is 0.0978. The second-order valence-corrected chi connectivity index (χ2v) is 6.08. The lowest BCUT2D eigenvalue weighted by molar-refractivity contribution is 0.401. The van der Waals surface area contributed by atoms with Crippen molar-refractivity contribution < 1.29 is 8.95 Å². The average Bonchev–Trinajstić information content (AvgIpc) is 2.71. The van der Waals surface area contributed by atoms with Gasteiger partial charge in [-0.3, -0.25) is 8.78 Å². The lowest BCUT2D eigenvalue weighted by atomic mass is 10.3. The summed E-state index contributed by atoms with van der Waals surface area (Å²) < 4.78 is 18.3. The Morgan fingerprint density at radius 1 is 1.53 bits per heavy atom.